The Morgan fingerprint density at radius 1 is 1.75 bits per heavy atom. The van der Waals surface area contributed by atoms with E-state index in [2.05, 4.69) is 4.99 Å². The number of carboxylic acid groups (broad SMARTS) is 1. The fourth-order valence-electron chi connectivity index (χ4n) is 0.948. The lowest BCUT2D eigenvalue weighted by Crippen LogP contribution is -2.14. The first kappa shape index (κ1) is 8.52. The Hall–Kier alpha value is -1.58. The smallest absolute Gasteiger partial charge is 0.339 e. The molecule has 0 bridgehead atoms. The van der Waals surface area contributed by atoms with Gasteiger partial charge in [-0.25, -0.2) is 4.79 Å². The lowest BCUT2D eigenvalue weighted by molar-refractivity contribution is -0.132. The summed E-state index contributed by atoms with van der Waals surface area (Å²) >= 11 is 0. The predicted molar refractivity (Wildman–Crippen MR) is 46.0 cm³/mol. The molecule has 1 aliphatic heterocycles. The lowest BCUT2D eigenvalue weighted by atomic mass is 10.1. The molecular formula is C8H10N2O2. The number of rotatable bonds is 2. The van der Waals surface area contributed by atoms with E-state index in [1.165, 1.54) is 0 Å². The molecule has 12 heavy (non-hydrogen) atoms. The molecule has 0 radical (unpaired) electrons. The summed E-state index contributed by atoms with van der Waals surface area (Å²) in [6.45, 7) is 0.635. The highest BCUT2D eigenvalue weighted by Gasteiger charge is 2.12. The molecule has 0 amide bonds. The highest BCUT2D eigenvalue weighted by Crippen LogP contribution is 2.05. The molecule has 1 rings (SSSR count). The molecule has 0 aromatic carbocycles. The van der Waals surface area contributed by atoms with Gasteiger partial charge >= 0.3 is 5.97 Å². The van der Waals surface area contributed by atoms with Crippen LogP contribution in [-0.4, -0.2) is 23.3 Å². The van der Waals surface area contributed by atoms with Gasteiger partial charge in [0.05, 0.1) is 5.71 Å². The minimum atomic E-state index is -1.04. The van der Waals surface area contributed by atoms with E-state index in [1.54, 1.807) is 6.08 Å². The normalized spacial score (nSPS) is 17.3. The number of aliphatic imine (C=N–C) groups is 1. The number of dihydropyridines is 1. The first-order valence-electron chi connectivity index (χ1n) is 3.62. The average molecular weight is 166 g/mol. The van der Waals surface area contributed by atoms with E-state index in [-0.39, 0.29) is 5.57 Å². The number of nitrogens with two attached hydrogens (primary N) is 1. The fraction of sp³-hybridized carbons (Fsp3) is 0.250. The maximum atomic E-state index is 10.6. The summed E-state index contributed by atoms with van der Waals surface area (Å²) in [6, 6.07) is 0. The first-order chi connectivity index (χ1) is 5.75. The highest BCUT2D eigenvalue weighted by atomic mass is 16.4. The summed E-state index contributed by atoms with van der Waals surface area (Å²) in [4.78, 5) is 14.6. The van der Waals surface area contributed by atoms with Crippen LogP contribution in [-0.2, 0) is 4.79 Å². The minimum Gasteiger partial charge on any atom is -0.478 e. The van der Waals surface area contributed by atoms with Crippen LogP contribution in [0.15, 0.2) is 28.9 Å². The number of carboxylic acids is 1. The molecule has 0 saturated carbocycles. The summed E-state index contributed by atoms with van der Waals surface area (Å²) in [6.07, 6.45) is 5.49. The van der Waals surface area contributed by atoms with E-state index in [0.717, 1.165) is 12.6 Å². The molecule has 3 N–H and O–H groups in total. The molecule has 1 heterocycles. The van der Waals surface area contributed by atoms with Crippen LogP contribution in [0, 0.1) is 0 Å². The van der Waals surface area contributed by atoms with Crippen LogP contribution < -0.4 is 5.73 Å². The van der Waals surface area contributed by atoms with Gasteiger partial charge in [-0.1, -0.05) is 6.08 Å². The molecule has 4 nitrogen and oxygen atoms in total. The topological polar surface area (TPSA) is 75.7 Å². The average Bonchev–Trinajstić information content (AvgIpc) is 2.07. The third-order valence-electron chi connectivity index (χ3n) is 1.53. The van der Waals surface area contributed by atoms with Crippen LogP contribution in [0.1, 0.15) is 6.42 Å². The van der Waals surface area contributed by atoms with Crippen LogP contribution in [0.25, 0.3) is 0 Å². The Balaban J connectivity index is 2.87. The summed E-state index contributed by atoms with van der Waals surface area (Å²) in [7, 11) is 0. The maximum absolute atomic E-state index is 10.6. The van der Waals surface area contributed by atoms with E-state index in [1.807, 2.05) is 6.08 Å². The molecule has 0 saturated heterocycles. The van der Waals surface area contributed by atoms with Crippen molar-refractivity contribution < 1.29 is 9.90 Å². The van der Waals surface area contributed by atoms with Gasteiger partial charge in [0.15, 0.2) is 0 Å². The quantitative estimate of drug-likeness (QED) is 0.580. The molecule has 1 aliphatic rings. The van der Waals surface area contributed by atoms with Crippen LogP contribution in [0.5, 0.6) is 0 Å². The molecule has 4 heteroatoms. The fourth-order valence-corrected chi connectivity index (χ4v) is 0.948. The maximum Gasteiger partial charge on any atom is 0.339 e. The van der Waals surface area contributed by atoms with Gasteiger partial charge in [0.2, 0.25) is 0 Å². The van der Waals surface area contributed by atoms with E-state index >= 15 is 0 Å². The third-order valence-corrected chi connectivity index (χ3v) is 1.53. The van der Waals surface area contributed by atoms with Crippen molar-refractivity contribution in [3.63, 3.8) is 0 Å². The monoisotopic (exact) mass is 166 g/mol. The zero-order valence-corrected chi connectivity index (χ0v) is 6.53. The van der Waals surface area contributed by atoms with Crippen LogP contribution in [0.3, 0.4) is 0 Å². The molecule has 0 fully saturated rings. The van der Waals surface area contributed by atoms with Gasteiger partial charge in [0.1, 0.15) is 5.57 Å². The number of nitrogens with zero attached hydrogens (tertiary/aromatic N) is 1. The number of aliphatic carboxylic acids is 1. The van der Waals surface area contributed by atoms with Crippen LogP contribution in [0.2, 0.25) is 0 Å². The number of hydrogen-bond acceptors (Lipinski definition) is 3. The van der Waals surface area contributed by atoms with Gasteiger partial charge in [-0.05, 0) is 12.5 Å². The molecule has 0 aromatic heterocycles. The van der Waals surface area contributed by atoms with Gasteiger partial charge in [0.25, 0.3) is 0 Å². The SMILES string of the molecule is N/C=C(/C(=O)O)C1=NCCC=C1. The van der Waals surface area contributed by atoms with Gasteiger partial charge in [0, 0.05) is 12.7 Å². The molecular weight excluding hydrogens is 156 g/mol. The van der Waals surface area contributed by atoms with Crippen molar-refractivity contribution >= 4 is 11.7 Å². The number of hydrogen-bond donors (Lipinski definition) is 2. The van der Waals surface area contributed by atoms with Crippen molar-refractivity contribution in [2.45, 2.75) is 6.42 Å². The standard InChI is InChI=1S/C8H10N2O2/c9-5-6(8(11)12)7-3-1-2-4-10-7/h1,3,5H,2,4,9H2,(H,11,12)/b6-5+. The molecule has 0 aromatic rings. The second-order valence-electron chi connectivity index (χ2n) is 2.34. The number of allylic oxidation sites excluding steroid dienone is 1. The second kappa shape index (κ2) is 3.71. The highest BCUT2D eigenvalue weighted by molar-refractivity contribution is 6.23. The molecule has 0 atom stereocenters. The van der Waals surface area contributed by atoms with Crippen molar-refractivity contribution in [1.82, 2.24) is 0 Å². The number of carbonyl (C=O) groups is 1. The van der Waals surface area contributed by atoms with Crippen molar-refractivity contribution in [3.05, 3.63) is 23.9 Å². The van der Waals surface area contributed by atoms with E-state index < -0.39 is 5.97 Å². The minimum absolute atomic E-state index is 0.0611. The zero-order valence-electron chi connectivity index (χ0n) is 6.53. The molecule has 0 unspecified atom stereocenters. The van der Waals surface area contributed by atoms with E-state index in [9.17, 15) is 4.79 Å². The van der Waals surface area contributed by atoms with Crippen LogP contribution >= 0.6 is 0 Å². The Labute approximate surface area is 70.1 Å². The first-order valence-corrected chi connectivity index (χ1v) is 3.62. The Morgan fingerprint density at radius 3 is 2.92 bits per heavy atom. The Bertz CT molecular complexity index is 277. The van der Waals surface area contributed by atoms with E-state index in [0.29, 0.717) is 12.3 Å². The summed E-state index contributed by atoms with van der Waals surface area (Å²) in [5.41, 5.74) is 5.66. The second-order valence-corrected chi connectivity index (χ2v) is 2.34. The van der Waals surface area contributed by atoms with Crippen molar-refractivity contribution in [3.8, 4) is 0 Å². The Kier molecular flexibility index (Phi) is 2.63. The van der Waals surface area contributed by atoms with Crippen molar-refractivity contribution in [2.75, 3.05) is 6.54 Å². The Morgan fingerprint density at radius 2 is 2.50 bits per heavy atom. The predicted octanol–water partition coefficient (Wildman–Crippen LogP) is 0.314. The third kappa shape index (κ3) is 1.72. The molecule has 0 spiro atoms. The van der Waals surface area contributed by atoms with Crippen molar-refractivity contribution in [1.29, 1.82) is 0 Å². The largest absolute Gasteiger partial charge is 0.478 e. The van der Waals surface area contributed by atoms with Crippen LogP contribution in [0.4, 0.5) is 0 Å². The van der Waals surface area contributed by atoms with Crippen molar-refractivity contribution in [2.24, 2.45) is 10.7 Å². The van der Waals surface area contributed by atoms with Gasteiger partial charge < -0.3 is 10.8 Å². The van der Waals surface area contributed by atoms with Gasteiger partial charge in [-0.2, -0.15) is 0 Å². The summed E-state index contributed by atoms with van der Waals surface area (Å²) in [5, 5.41) is 8.66. The lowest BCUT2D eigenvalue weighted by Gasteiger charge is -2.05. The summed E-state index contributed by atoms with van der Waals surface area (Å²) in [5.74, 6) is -1.04. The summed E-state index contributed by atoms with van der Waals surface area (Å²) < 4.78 is 0. The zero-order chi connectivity index (χ0) is 8.97. The van der Waals surface area contributed by atoms with E-state index in [4.69, 9.17) is 10.8 Å². The molecule has 0 aliphatic carbocycles. The van der Waals surface area contributed by atoms with Gasteiger partial charge in [-0.3, -0.25) is 4.99 Å². The molecule has 64 valence electrons. The van der Waals surface area contributed by atoms with Gasteiger partial charge in [-0.15, -0.1) is 0 Å².